The molecular weight excluding hydrogens is 451 g/mol. The van der Waals surface area contributed by atoms with E-state index in [1.54, 1.807) is 10.6 Å². The number of aromatic nitrogens is 5. The minimum atomic E-state index is -4.44. The molecule has 178 valence electrons. The summed E-state index contributed by atoms with van der Waals surface area (Å²) in [7, 11) is 3.96. The van der Waals surface area contributed by atoms with Gasteiger partial charge in [-0.2, -0.15) is 23.4 Å². The lowest BCUT2D eigenvalue weighted by Crippen LogP contribution is -2.35. The Morgan fingerprint density at radius 2 is 1.94 bits per heavy atom. The van der Waals surface area contributed by atoms with Crippen molar-refractivity contribution in [2.75, 3.05) is 26.0 Å². The summed E-state index contributed by atoms with van der Waals surface area (Å²) in [6, 6.07) is 5.18. The molecule has 1 aromatic carbocycles. The number of alkyl halides is 3. The minimum absolute atomic E-state index is 0.143. The second-order valence-corrected chi connectivity index (χ2v) is 9.24. The van der Waals surface area contributed by atoms with E-state index in [4.69, 9.17) is 12.2 Å². The normalized spacial score (nSPS) is 18.4. The van der Waals surface area contributed by atoms with Crippen molar-refractivity contribution < 1.29 is 13.2 Å². The van der Waals surface area contributed by atoms with Gasteiger partial charge in [0.25, 0.3) is 0 Å². The Bertz CT molecular complexity index is 1190. The van der Waals surface area contributed by atoms with Gasteiger partial charge in [0.15, 0.2) is 16.6 Å². The number of rotatable bonds is 6. The van der Waals surface area contributed by atoms with Crippen molar-refractivity contribution in [1.82, 2.24) is 29.4 Å². The Morgan fingerprint density at radius 3 is 2.61 bits per heavy atom. The number of nitrogens with zero attached hydrogens (tertiary/aromatic N) is 5. The second-order valence-electron chi connectivity index (χ2n) is 8.85. The third-order valence-electron chi connectivity index (χ3n) is 6.10. The average Bonchev–Trinajstić information content (AvgIpc) is 3.31. The molecule has 0 radical (unpaired) electrons. The van der Waals surface area contributed by atoms with Gasteiger partial charge in [-0.25, -0.2) is 4.68 Å². The molecule has 11 heteroatoms. The SMILES string of the molecule is Cc1ccc(C2CC(C(F)(F)F)n3nc(-c4n[nH]c(=S)n4CCCN(C)C)cc3N2)cc1C. The quantitative estimate of drug-likeness (QED) is 0.486. The fraction of sp³-hybridized carbons (Fsp3) is 0.500. The number of hydrogen-bond donors (Lipinski definition) is 2. The van der Waals surface area contributed by atoms with Crippen LogP contribution in [0, 0.1) is 18.6 Å². The Balaban J connectivity index is 1.70. The highest BCUT2D eigenvalue weighted by Gasteiger charge is 2.46. The molecule has 2 atom stereocenters. The van der Waals surface area contributed by atoms with Crippen molar-refractivity contribution >= 4 is 18.0 Å². The van der Waals surface area contributed by atoms with Gasteiger partial charge in [-0.1, -0.05) is 18.2 Å². The predicted molar refractivity (Wildman–Crippen MR) is 124 cm³/mol. The number of nitrogens with one attached hydrogen (secondary N) is 2. The molecule has 0 amide bonds. The van der Waals surface area contributed by atoms with E-state index in [2.05, 4.69) is 25.5 Å². The van der Waals surface area contributed by atoms with E-state index in [1.807, 2.05) is 46.1 Å². The first kappa shape index (κ1) is 23.5. The Labute approximate surface area is 195 Å². The van der Waals surface area contributed by atoms with Crippen LogP contribution < -0.4 is 5.32 Å². The van der Waals surface area contributed by atoms with Crippen molar-refractivity contribution in [2.24, 2.45) is 0 Å². The number of aryl methyl sites for hydroxylation is 2. The summed E-state index contributed by atoms with van der Waals surface area (Å²) in [4.78, 5) is 2.06. The first-order valence-corrected chi connectivity index (χ1v) is 11.3. The minimum Gasteiger partial charge on any atom is -0.363 e. The highest BCUT2D eigenvalue weighted by atomic mass is 32.1. The molecule has 0 bridgehead atoms. The lowest BCUT2D eigenvalue weighted by atomic mass is 9.94. The molecule has 1 aliphatic rings. The Hall–Kier alpha value is -2.66. The number of halogens is 3. The lowest BCUT2D eigenvalue weighted by molar-refractivity contribution is -0.173. The van der Waals surface area contributed by atoms with Crippen LogP contribution >= 0.6 is 12.2 Å². The zero-order valence-corrected chi connectivity index (χ0v) is 19.9. The lowest BCUT2D eigenvalue weighted by Gasteiger charge is -2.33. The number of aromatic amines is 1. The van der Waals surface area contributed by atoms with Crippen molar-refractivity contribution in [3.63, 3.8) is 0 Å². The standard InChI is InChI=1S/C22H28F3N7S/c1-13-6-7-15(10-14(13)2)16-11-18(22(23,24)25)32-19(26-16)12-17(29-32)20-27-28-21(33)31(20)9-5-8-30(3)4/h6-7,10,12,16,18,26H,5,8-9,11H2,1-4H3,(H,28,33). The zero-order chi connectivity index (χ0) is 23.9. The van der Waals surface area contributed by atoms with Crippen LogP contribution in [0.1, 0.15) is 41.6 Å². The number of anilines is 1. The van der Waals surface area contributed by atoms with Gasteiger partial charge in [-0.3, -0.25) is 9.67 Å². The number of benzene rings is 1. The fourth-order valence-electron chi connectivity index (χ4n) is 4.15. The molecule has 0 saturated carbocycles. The number of fused-ring (bicyclic) bond motifs is 1. The van der Waals surface area contributed by atoms with Crippen molar-refractivity contribution in [2.45, 2.75) is 51.5 Å². The predicted octanol–water partition coefficient (Wildman–Crippen LogP) is 5.03. The molecular formula is C22H28F3N7S. The molecule has 33 heavy (non-hydrogen) atoms. The van der Waals surface area contributed by atoms with Crippen LogP contribution in [0.5, 0.6) is 0 Å². The molecule has 0 aliphatic carbocycles. The Kier molecular flexibility index (Phi) is 6.37. The van der Waals surface area contributed by atoms with Gasteiger partial charge in [0.1, 0.15) is 11.5 Å². The van der Waals surface area contributed by atoms with E-state index in [-0.39, 0.29) is 6.42 Å². The number of hydrogen-bond acceptors (Lipinski definition) is 5. The van der Waals surface area contributed by atoms with Crippen LogP contribution in [0.25, 0.3) is 11.5 Å². The van der Waals surface area contributed by atoms with Gasteiger partial charge in [0.2, 0.25) is 0 Å². The maximum Gasteiger partial charge on any atom is 0.410 e. The zero-order valence-electron chi connectivity index (χ0n) is 19.1. The monoisotopic (exact) mass is 479 g/mol. The van der Waals surface area contributed by atoms with Crippen LogP contribution in [0.15, 0.2) is 24.3 Å². The van der Waals surface area contributed by atoms with Crippen LogP contribution in [-0.4, -0.2) is 56.3 Å². The molecule has 2 unspecified atom stereocenters. The van der Waals surface area contributed by atoms with E-state index < -0.39 is 18.3 Å². The van der Waals surface area contributed by atoms with Crippen LogP contribution in [0.2, 0.25) is 0 Å². The van der Waals surface area contributed by atoms with Crippen molar-refractivity contribution in [3.8, 4) is 11.5 Å². The van der Waals surface area contributed by atoms with Gasteiger partial charge in [0, 0.05) is 19.0 Å². The van der Waals surface area contributed by atoms with E-state index in [0.717, 1.165) is 34.3 Å². The molecule has 0 fully saturated rings. The number of H-pyrrole nitrogens is 1. The van der Waals surface area contributed by atoms with E-state index in [9.17, 15) is 13.2 Å². The van der Waals surface area contributed by atoms with Crippen LogP contribution in [0.4, 0.5) is 19.0 Å². The van der Waals surface area contributed by atoms with Gasteiger partial charge >= 0.3 is 6.18 Å². The van der Waals surface area contributed by atoms with Crippen LogP contribution in [0.3, 0.4) is 0 Å². The van der Waals surface area contributed by atoms with Crippen LogP contribution in [-0.2, 0) is 6.54 Å². The first-order chi connectivity index (χ1) is 15.5. The smallest absolute Gasteiger partial charge is 0.363 e. The molecule has 0 spiro atoms. The maximum absolute atomic E-state index is 14.1. The first-order valence-electron chi connectivity index (χ1n) is 10.8. The molecule has 1 aliphatic heterocycles. The van der Waals surface area contributed by atoms with E-state index in [0.29, 0.717) is 28.7 Å². The molecule has 2 N–H and O–H groups in total. The summed E-state index contributed by atoms with van der Waals surface area (Å²) in [5, 5.41) is 14.6. The van der Waals surface area contributed by atoms with E-state index in [1.165, 1.54) is 0 Å². The summed E-state index contributed by atoms with van der Waals surface area (Å²) in [5.41, 5.74) is 3.33. The molecule has 3 aromatic rings. The summed E-state index contributed by atoms with van der Waals surface area (Å²) in [6.45, 7) is 5.39. The van der Waals surface area contributed by atoms with Crippen molar-refractivity contribution in [3.05, 3.63) is 45.7 Å². The summed E-state index contributed by atoms with van der Waals surface area (Å²) < 4.78 is 45.4. The van der Waals surface area contributed by atoms with Gasteiger partial charge < -0.3 is 10.2 Å². The van der Waals surface area contributed by atoms with Crippen molar-refractivity contribution in [1.29, 1.82) is 0 Å². The van der Waals surface area contributed by atoms with E-state index >= 15 is 0 Å². The molecule has 7 nitrogen and oxygen atoms in total. The second kappa shape index (κ2) is 8.94. The Morgan fingerprint density at radius 1 is 1.18 bits per heavy atom. The maximum atomic E-state index is 14.1. The van der Waals surface area contributed by atoms with Gasteiger partial charge in [-0.05, 0) is 69.8 Å². The molecule has 4 rings (SSSR count). The third-order valence-corrected chi connectivity index (χ3v) is 6.41. The van der Waals surface area contributed by atoms with Gasteiger partial charge in [-0.15, -0.1) is 0 Å². The summed E-state index contributed by atoms with van der Waals surface area (Å²) in [5.74, 6) is 0.752. The third kappa shape index (κ3) is 4.84. The summed E-state index contributed by atoms with van der Waals surface area (Å²) >= 11 is 5.35. The fourth-order valence-corrected chi connectivity index (χ4v) is 4.37. The molecule has 0 saturated heterocycles. The summed E-state index contributed by atoms with van der Waals surface area (Å²) in [6.07, 6.45) is -3.76. The molecule has 2 aromatic heterocycles. The molecule has 3 heterocycles. The van der Waals surface area contributed by atoms with Gasteiger partial charge in [0.05, 0.1) is 6.04 Å². The highest BCUT2D eigenvalue weighted by Crippen LogP contribution is 2.44. The highest BCUT2D eigenvalue weighted by molar-refractivity contribution is 7.71. The average molecular weight is 480 g/mol. The topological polar surface area (TPSA) is 66.7 Å². The largest absolute Gasteiger partial charge is 0.410 e.